The highest BCUT2D eigenvalue weighted by atomic mass is 79.9. The SMILES string of the molecule is C=C(Br)OC(=C)C(=O)O. The fourth-order valence-corrected chi connectivity index (χ4v) is 0.373. The quantitative estimate of drug-likeness (QED) is 0.545. The summed E-state index contributed by atoms with van der Waals surface area (Å²) in [6.07, 6.45) is 0. The molecule has 0 fully saturated rings. The smallest absolute Gasteiger partial charge is 0.371 e. The molecule has 3 nitrogen and oxygen atoms in total. The number of halogens is 1. The third kappa shape index (κ3) is 3.78. The molecule has 0 aromatic rings. The van der Waals surface area contributed by atoms with Crippen molar-refractivity contribution < 1.29 is 14.6 Å². The van der Waals surface area contributed by atoms with Crippen LogP contribution in [-0.2, 0) is 9.53 Å². The van der Waals surface area contributed by atoms with Crippen molar-refractivity contribution in [1.82, 2.24) is 0 Å². The minimum Gasteiger partial charge on any atom is -0.475 e. The van der Waals surface area contributed by atoms with E-state index in [9.17, 15) is 4.79 Å². The van der Waals surface area contributed by atoms with Crippen molar-refractivity contribution in [2.24, 2.45) is 0 Å². The molecule has 1 N–H and O–H groups in total. The van der Waals surface area contributed by atoms with Gasteiger partial charge in [-0.3, -0.25) is 0 Å². The lowest BCUT2D eigenvalue weighted by molar-refractivity contribution is -0.135. The average Bonchev–Trinajstić information content (AvgIpc) is 1.63. The number of hydrogen-bond acceptors (Lipinski definition) is 2. The maximum Gasteiger partial charge on any atom is 0.371 e. The van der Waals surface area contributed by atoms with Crippen molar-refractivity contribution in [2.45, 2.75) is 0 Å². The molecule has 0 bridgehead atoms. The molecular weight excluding hydrogens is 188 g/mol. The Morgan fingerprint density at radius 3 is 2.11 bits per heavy atom. The summed E-state index contributed by atoms with van der Waals surface area (Å²) < 4.78 is 4.57. The first kappa shape index (κ1) is 8.23. The molecule has 0 aromatic carbocycles. The molecule has 0 aromatic heterocycles. The Morgan fingerprint density at radius 2 is 2.00 bits per heavy atom. The van der Waals surface area contributed by atoms with E-state index in [0.29, 0.717) is 0 Å². The van der Waals surface area contributed by atoms with Crippen LogP contribution in [0.15, 0.2) is 23.6 Å². The highest BCUT2D eigenvalue weighted by Gasteiger charge is 2.04. The van der Waals surface area contributed by atoms with Crippen LogP contribution in [0.5, 0.6) is 0 Å². The van der Waals surface area contributed by atoms with Gasteiger partial charge in [-0.25, -0.2) is 4.79 Å². The molecular formula is C5H5BrO3. The van der Waals surface area contributed by atoms with Crippen LogP contribution in [-0.4, -0.2) is 11.1 Å². The van der Waals surface area contributed by atoms with Crippen LogP contribution in [0.25, 0.3) is 0 Å². The number of carboxylic acids is 1. The Labute approximate surface area is 60.8 Å². The van der Waals surface area contributed by atoms with E-state index in [1.807, 2.05) is 0 Å². The van der Waals surface area contributed by atoms with Crippen LogP contribution >= 0.6 is 15.9 Å². The van der Waals surface area contributed by atoms with Gasteiger partial charge in [-0.2, -0.15) is 0 Å². The highest BCUT2D eigenvalue weighted by Crippen LogP contribution is 2.07. The molecule has 0 aliphatic rings. The topological polar surface area (TPSA) is 46.5 Å². The van der Waals surface area contributed by atoms with E-state index < -0.39 is 5.97 Å². The van der Waals surface area contributed by atoms with Gasteiger partial charge in [-0.05, 0) is 29.1 Å². The van der Waals surface area contributed by atoms with E-state index in [1.54, 1.807) is 0 Å². The van der Waals surface area contributed by atoms with Crippen molar-refractivity contribution in [3.63, 3.8) is 0 Å². The number of rotatable bonds is 3. The van der Waals surface area contributed by atoms with Gasteiger partial charge in [0.25, 0.3) is 0 Å². The maximum atomic E-state index is 9.95. The molecule has 0 amide bonds. The predicted octanol–water partition coefficient (Wildman–Crippen LogP) is 1.47. The van der Waals surface area contributed by atoms with E-state index in [0.717, 1.165) is 0 Å². The van der Waals surface area contributed by atoms with Gasteiger partial charge in [0.15, 0.2) is 4.67 Å². The number of aliphatic carboxylic acids is 1. The van der Waals surface area contributed by atoms with Crippen molar-refractivity contribution in [2.75, 3.05) is 0 Å². The largest absolute Gasteiger partial charge is 0.475 e. The first-order valence-corrected chi connectivity index (χ1v) is 2.78. The monoisotopic (exact) mass is 192 g/mol. The van der Waals surface area contributed by atoms with Gasteiger partial charge in [0.2, 0.25) is 5.76 Å². The number of hydrogen-bond donors (Lipinski definition) is 1. The summed E-state index contributed by atoms with van der Waals surface area (Å²) in [4.78, 5) is 9.95. The van der Waals surface area contributed by atoms with E-state index in [2.05, 4.69) is 33.8 Å². The lowest BCUT2D eigenvalue weighted by Crippen LogP contribution is -2.00. The van der Waals surface area contributed by atoms with Crippen molar-refractivity contribution in [3.8, 4) is 0 Å². The summed E-state index contributed by atoms with van der Waals surface area (Å²) in [5, 5.41) is 8.14. The molecule has 0 aliphatic carbocycles. The van der Waals surface area contributed by atoms with Crippen LogP contribution in [0.3, 0.4) is 0 Å². The van der Waals surface area contributed by atoms with Crippen LogP contribution < -0.4 is 0 Å². The molecule has 0 spiro atoms. The van der Waals surface area contributed by atoms with Gasteiger partial charge >= 0.3 is 5.97 Å². The van der Waals surface area contributed by atoms with Gasteiger partial charge in [0, 0.05) is 0 Å². The average molecular weight is 193 g/mol. The summed E-state index contributed by atoms with van der Waals surface area (Å²) in [6, 6.07) is 0. The van der Waals surface area contributed by atoms with E-state index in [4.69, 9.17) is 5.11 Å². The zero-order valence-corrected chi connectivity index (χ0v) is 6.14. The first-order valence-electron chi connectivity index (χ1n) is 1.98. The number of ether oxygens (including phenoxy) is 1. The van der Waals surface area contributed by atoms with E-state index in [1.165, 1.54) is 0 Å². The summed E-state index contributed by atoms with van der Waals surface area (Å²) in [5.41, 5.74) is 0. The molecule has 50 valence electrons. The molecule has 0 heterocycles. The van der Waals surface area contributed by atoms with Crippen LogP contribution in [0.2, 0.25) is 0 Å². The van der Waals surface area contributed by atoms with Gasteiger partial charge < -0.3 is 9.84 Å². The first-order chi connectivity index (χ1) is 4.04. The standard InChI is InChI=1S/C5H5BrO3/c1-3(5(7)8)9-4(2)6/h1-2H2,(H,7,8). The summed E-state index contributed by atoms with van der Waals surface area (Å²) in [5.74, 6) is -1.55. The normalized spacial score (nSPS) is 8.11. The Morgan fingerprint density at radius 1 is 1.56 bits per heavy atom. The molecule has 0 saturated heterocycles. The number of carboxylic acid groups (broad SMARTS) is 1. The van der Waals surface area contributed by atoms with Crippen LogP contribution in [0, 0.1) is 0 Å². The Balaban J connectivity index is 3.79. The van der Waals surface area contributed by atoms with Crippen molar-refractivity contribution >= 4 is 21.9 Å². The highest BCUT2D eigenvalue weighted by molar-refractivity contribution is 9.11. The van der Waals surface area contributed by atoms with E-state index >= 15 is 0 Å². The maximum absolute atomic E-state index is 9.95. The third-order valence-corrected chi connectivity index (χ3v) is 0.634. The summed E-state index contributed by atoms with van der Waals surface area (Å²) >= 11 is 2.80. The minimum absolute atomic E-state index is 0.134. The second-order valence-corrected chi connectivity index (χ2v) is 2.07. The van der Waals surface area contributed by atoms with E-state index in [-0.39, 0.29) is 10.4 Å². The molecule has 0 aliphatic heterocycles. The lowest BCUT2D eigenvalue weighted by Gasteiger charge is -1.98. The van der Waals surface area contributed by atoms with Crippen LogP contribution in [0.4, 0.5) is 0 Å². The Bertz CT molecular complexity index is 162. The fourth-order valence-electron chi connectivity index (χ4n) is 0.177. The summed E-state index contributed by atoms with van der Waals surface area (Å²) in [7, 11) is 0. The van der Waals surface area contributed by atoms with Gasteiger partial charge in [-0.1, -0.05) is 0 Å². The molecule has 0 radical (unpaired) electrons. The van der Waals surface area contributed by atoms with Gasteiger partial charge in [0.05, 0.1) is 0 Å². The molecule has 9 heavy (non-hydrogen) atoms. The molecule has 0 saturated carbocycles. The van der Waals surface area contributed by atoms with Crippen molar-refractivity contribution in [1.29, 1.82) is 0 Å². The predicted molar refractivity (Wildman–Crippen MR) is 35.9 cm³/mol. The molecule has 4 heteroatoms. The fraction of sp³-hybridized carbons (Fsp3) is 0. The third-order valence-electron chi connectivity index (χ3n) is 0.472. The second-order valence-electron chi connectivity index (χ2n) is 1.19. The Hall–Kier alpha value is -0.770. The van der Waals surface area contributed by atoms with Gasteiger partial charge in [0.1, 0.15) is 0 Å². The lowest BCUT2D eigenvalue weighted by atomic mass is 10.6. The summed E-state index contributed by atoms with van der Waals surface area (Å²) in [6.45, 7) is 6.33. The van der Waals surface area contributed by atoms with Crippen LogP contribution in [0.1, 0.15) is 0 Å². The molecule has 0 rings (SSSR count). The molecule has 0 unspecified atom stereocenters. The number of carbonyl (C=O) groups is 1. The van der Waals surface area contributed by atoms with Gasteiger partial charge in [-0.15, -0.1) is 0 Å². The zero-order valence-electron chi connectivity index (χ0n) is 4.56. The second kappa shape index (κ2) is 3.29. The zero-order chi connectivity index (χ0) is 7.44. The Kier molecular flexibility index (Phi) is 3.01. The van der Waals surface area contributed by atoms with Crippen molar-refractivity contribution in [3.05, 3.63) is 23.6 Å². The molecule has 0 atom stereocenters. The minimum atomic E-state index is -1.20.